The smallest absolute Gasteiger partial charge is 0.0466 e. The Morgan fingerprint density at radius 3 is 0.830 bits per heavy atom. The predicted octanol–water partition coefficient (Wildman–Crippen LogP) is 19.0. The fraction of sp³-hybridized carbons (Fsp3) is 0.923. The second-order valence-electron chi connectivity index (χ2n) is 17.3. The van der Waals surface area contributed by atoms with Gasteiger partial charge in [0.25, 0.3) is 0 Å². The molecule has 0 N–H and O–H groups in total. The van der Waals surface area contributed by atoms with Crippen molar-refractivity contribution in [2.75, 3.05) is 13.2 Å². The van der Waals surface area contributed by atoms with Gasteiger partial charge in [-0.3, -0.25) is 0 Å². The Balaban J connectivity index is 3.87. The lowest BCUT2D eigenvalue weighted by atomic mass is 9.93. The third-order valence-corrected chi connectivity index (χ3v) is 11.8. The SMILES string of the molecule is CCCCCCCCC=CC(CCCCCCC)CCCCCCCCOCCCCCCCCC(C=CCCCCCCCC)CCCCCCC. The zero-order valence-corrected chi connectivity index (χ0v) is 37.6. The van der Waals surface area contributed by atoms with Crippen LogP contribution in [-0.2, 0) is 4.74 Å². The van der Waals surface area contributed by atoms with Crippen LogP contribution in [0.2, 0.25) is 0 Å². The van der Waals surface area contributed by atoms with Crippen LogP contribution in [0.1, 0.15) is 285 Å². The van der Waals surface area contributed by atoms with Crippen LogP contribution < -0.4 is 0 Å². The lowest BCUT2D eigenvalue weighted by Crippen LogP contribution is -1.99. The normalized spacial score (nSPS) is 13.2. The largest absolute Gasteiger partial charge is 0.381 e. The maximum atomic E-state index is 6.02. The van der Waals surface area contributed by atoms with Crippen molar-refractivity contribution in [3.05, 3.63) is 24.3 Å². The van der Waals surface area contributed by atoms with Crippen LogP contribution >= 0.6 is 0 Å². The zero-order chi connectivity index (χ0) is 38.4. The summed E-state index contributed by atoms with van der Waals surface area (Å²) in [6.45, 7) is 11.2. The Kier molecular flexibility index (Phi) is 47.1. The monoisotopic (exact) mass is 743 g/mol. The molecule has 0 aromatic carbocycles. The number of allylic oxidation sites excluding steroid dienone is 4. The summed E-state index contributed by atoms with van der Waals surface area (Å²) < 4.78 is 6.02. The third-order valence-electron chi connectivity index (χ3n) is 11.8. The first-order chi connectivity index (χ1) is 26.3. The first-order valence-electron chi connectivity index (χ1n) is 25.2. The summed E-state index contributed by atoms with van der Waals surface area (Å²) in [5.74, 6) is 1.67. The van der Waals surface area contributed by atoms with Gasteiger partial charge in [-0.15, -0.1) is 0 Å². The number of unbranched alkanes of at least 4 members (excludes halogenated alkanes) is 30. The fourth-order valence-corrected chi connectivity index (χ4v) is 8.09. The highest BCUT2D eigenvalue weighted by atomic mass is 16.5. The molecule has 0 fully saturated rings. The Morgan fingerprint density at radius 2 is 0.528 bits per heavy atom. The molecule has 0 aliphatic rings. The van der Waals surface area contributed by atoms with Crippen LogP contribution in [0.15, 0.2) is 24.3 Å². The molecular formula is C52H102O. The van der Waals surface area contributed by atoms with Crippen molar-refractivity contribution < 1.29 is 4.74 Å². The van der Waals surface area contributed by atoms with Crippen LogP contribution in [0.3, 0.4) is 0 Å². The van der Waals surface area contributed by atoms with Gasteiger partial charge in [0, 0.05) is 13.2 Å². The predicted molar refractivity (Wildman–Crippen MR) is 243 cm³/mol. The first kappa shape index (κ1) is 52.4. The molecule has 0 amide bonds. The van der Waals surface area contributed by atoms with Gasteiger partial charge in [-0.25, -0.2) is 0 Å². The highest BCUT2D eigenvalue weighted by Crippen LogP contribution is 2.23. The highest BCUT2D eigenvalue weighted by molar-refractivity contribution is 4.89. The summed E-state index contributed by atoms with van der Waals surface area (Å²) >= 11 is 0. The lowest BCUT2D eigenvalue weighted by Gasteiger charge is -2.13. The summed E-state index contributed by atoms with van der Waals surface area (Å²) in [6, 6.07) is 0. The first-order valence-corrected chi connectivity index (χ1v) is 25.2. The number of hydrogen-bond acceptors (Lipinski definition) is 1. The topological polar surface area (TPSA) is 9.23 Å². The van der Waals surface area contributed by atoms with E-state index < -0.39 is 0 Å². The Bertz CT molecular complexity index is 635. The van der Waals surface area contributed by atoms with Crippen LogP contribution in [0, 0.1) is 11.8 Å². The van der Waals surface area contributed by atoms with Crippen molar-refractivity contribution in [3.8, 4) is 0 Å². The molecule has 0 rings (SSSR count). The van der Waals surface area contributed by atoms with E-state index in [4.69, 9.17) is 4.74 Å². The minimum atomic E-state index is 0.833. The summed E-state index contributed by atoms with van der Waals surface area (Å²) in [7, 11) is 0. The zero-order valence-electron chi connectivity index (χ0n) is 37.6. The van der Waals surface area contributed by atoms with Crippen LogP contribution in [0.5, 0.6) is 0 Å². The average Bonchev–Trinajstić information content (AvgIpc) is 3.17. The summed E-state index contributed by atoms with van der Waals surface area (Å²) in [4.78, 5) is 0. The number of ether oxygens (including phenoxy) is 1. The minimum absolute atomic E-state index is 0.833. The van der Waals surface area contributed by atoms with Gasteiger partial charge in [-0.2, -0.15) is 0 Å². The van der Waals surface area contributed by atoms with Crippen LogP contribution in [0.4, 0.5) is 0 Å². The maximum absolute atomic E-state index is 6.02. The quantitative estimate of drug-likeness (QED) is 0.0446. The molecule has 0 aromatic heterocycles. The molecule has 316 valence electrons. The van der Waals surface area contributed by atoms with Gasteiger partial charge in [0.05, 0.1) is 0 Å². The molecular weight excluding hydrogens is 641 g/mol. The summed E-state index contributed by atoms with van der Waals surface area (Å²) in [5.41, 5.74) is 0. The molecule has 1 heteroatoms. The molecule has 0 aromatic rings. The van der Waals surface area contributed by atoms with E-state index in [0.29, 0.717) is 0 Å². The van der Waals surface area contributed by atoms with E-state index >= 15 is 0 Å². The van der Waals surface area contributed by atoms with Crippen molar-refractivity contribution in [1.29, 1.82) is 0 Å². The molecule has 0 saturated carbocycles. The van der Waals surface area contributed by atoms with Gasteiger partial charge in [-0.1, -0.05) is 245 Å². The molecule has 0 heterocycles. The van der Waals surface area contributed by atoms with Gasteiger partial charge < -0.3 is 4.74 Å². The minimum Gasteiger partial charge on any atom is -0.381 e. The number of hydrogen-bond donors (Lipinski definition) is 0. The average molecular weight is 743 g/mol. The van der Waals surface area contributed by atoms with Crippen molar-refractivity contribution in [1.82, 2.24) is 0 Å². The molecule has 0 aliphatic carbocycles. The van der Waals surface area contributed by atoms with E-state index in [1.807, 2.05) is 0 Å². The molecule has 0 spiro atoms. The Morgan fingerprint density at radius 1 is 0.283 bits per heavy atom. The van der Waals surface area contributed by atoms with E-state index in [0.717, 1.165) is 25.0 Å². The maximum Gasteiger partial charge on any atom is 0.0466 e. The van der Waals surface area contributed by atoms with E-state index in [9.17, 15) is 0 Å². The van der Waals surface area contributed by atoms with E-state index in [1.165, 1.54) is 257 Å². The molecule has 0 radical (unpaired) electrons. The molecule has 0 saturated heterocycles. The Hall–Kier alpha value is -0.560. The van der Waals surface area contributed by atoms with Crippen LogP contribution in [0.25, 0.3) is 0 Å². The second-order valence-corrected chi connectivity index (χ2v) is 17.3. The van der Waals surface area contributed by atoms with Gasteiger partial charge in [0.1, 0.15) is 0 Å². The summed E-state index contributed by atoms with van der Waals surface area (Å²) in [6.07, 6.45) is 66.2. The van der Waals surface area contributed by atoms with Crippen LogP contribution in [-0.4, -0.2) is 13.2 Å². The van der Waals surface area contributed by atoms with Crippen molar-refractivity contribution in [2.24, 2.45) is 11.8 Å². The fourth-order valence-electron chi connectivity index (χ4n) is 8.09. The Labute approximate surface area is 337 Å². The van der Waals surface area contributed by atoms with Gasteiger partial charge in [0.15, 0.2) is 0 Å². The molecule has 53 heavy (non-hydrogen) atoms. The lowest BCUT2D eigenvalue weighted by molar-refractivity contribution is 0.125. The summed E-state index contributed by atoms with van der Waals surface area (Å²) in [5, 5.41) is 0. The molecule has 1 nitrogen and oxygen atoms in total. The van der Waals surface area contributed by atoms with Gasteiger partial charge in [-0.05, 0) is 76.0 Å². The van der Waals surface area contributed by atoms with Crippen molar-refractivity contribution >= 4 is 0 Å². The van der Waals surface area contributed by atoms with Gasteiger partial charge in [0.2, 0.25) is 0 Å². The van der Waals surface area contributed by atoms with E-state index in [1.54, 1.807) is 0 Å². The molecule has 2 unspecified atom stereocenters. The molecule has 0 bridgehead atoms. The van der Waals surface area contributed by atoms with E-state index in [-0.39, 0.29) is 0 Å². The number of rotatable bonds is 46. The standard InChI is InChI=1S/C52H102O/c1-5-9-13-17-19-21-29-37-45-51(43-35-27-15-11-7-3)47-39-31-23-25-33-41-49-53-50-42-34-26-24-32-40-48-52(44-36-28-16-12-8-4)46-38-30-22-20-18-14-10-6-2/h37-38,45-46,51-52H,5-36,39-44,47-50H2,1-4H3. The second kappa shape index (κ2) is 47.6. The molecule has 2 atom stereocenters. The van der Waals surface area contributed by atoms with Gasteiger partial charge >= 0.3 is 0 Å². The van der Waals surface area contributed by atoms with Crippen molar-refractivity contribution in [2.45, 2.75) is 285 Å². The van der Waals surface area contributed by atoms with E-state index in [2.05, 4.69) is 52.0 Å². The molecule has 0 aliphatic heterocycles. The highest BCUT2D eigenvalue weighted by Gasteiger charge is 2.07. The van der Waals surface area contributed by atoms with Crippen molar-refractivity contribution in [3.63, 3.8) is 0 Å². The third kappa shape index (κ3) is 44.0.